The topological polar surface area (TPSA) is 18.5 Å². The van der Waals surface area contributed by atoms with Gasteiger partial charge >= 0.3 is 0 Å². The molecule has 0 amide bonds. The van der Waals surface area contributed by atoms with E-state index in [-0.39, 0.29) is 11.2 Å². The van der Waals surface area contributed by atoms with Gasteiger partial charge < -0.3 is 0 Å². The molecule has 3 aliphatic rings. The minimum atomic E-state index is -0.124. The predicted octanol–water partition coefficient (Wildman–Crippen LogP) is 3.87. The van der Waals surface area contributed by atoms with Crippen molar-refractivity contribution >= 4 is 0 Å². The van der Waals surface area contributed by atoms with Crippen LogP contribution in [0.4, 0.5) is 0 Å². The highest BCUT2D eigenvalue weighted by molar-refractivity contribution is 5.37. The van der Waals surface area contributed by atoms with Crippen molar-refractivity contribution in [3.63, 3.8) is 0 Å². The molecule has 0 aromatic rings. The molecule has 2 nitrogen and oxygen atoms in total. The van der Waals surface area contributed by atoms with Gasteiger partial charge in [-0.3, -0.25) is 0 Å². The van der Waals surface area contributed by atoms with Crippen molar-refractivity contribution in [2.45, 2.75) is 64.6 Å². The van der Waals surface area contributed by atoms with Crippen molar-refractivity contribution in [1.82, 2.24) is 0 Å². The fourth-order valence-corrected chi connectivity index (χ4v) is 4.00. The van der Waals surface area contributed by atoms with Gasteiger partial charge in [-0.25, -0.2) is 9.78 Å². The van der Waals surface area contributed by atoms with Crippen LogP contribution in [0.3, 0.4) is 0 Å². The molecule has 1 heterocycles. The van der Waals surface area contributed by atoms with Crippen LogP contribution in [0, 0.1) is 17.8 Å². The molecule has 17 heavy (non-hydrogen) atoms. The summed E-state index contributed by atoms with van der Waals surface area (Å²) in [4.78, 5) is 11.8. The lowest BCUT2D eigenvalue weighted by Gasteiger charge is -2.45. The Morgan fingerprint density at radius 3 is 2.65 bits per heavy atom. The molecule has 1 saturated heterocycles. The zero-order valence-corrected chi connectivity index (χ0v) is 11.5. The summed E-state index contributed by atoms with van der Waals surface area (Å²) < 4.78 is 0. The van der Waals surface area contributed by atoms with Crippen LogP contribution in [0.15, 0.2) is 11.6 Å². The van der Waals surface area contributed by atoms with E-state index in [0.29, 0.717) is 17.8 Å². The lowest BCUT2D eigenvalue weighted by Crippen LogP contribution is -2.50. The molecule has 4 atom stereocenters. The first-order valence-electron chi connectivity index (χ1n) is 7.11. The lowest BCUT2D eigenvalue weighted by molar-refractivity contribution is -0.356. The molecule has 3 rings (SSSR count). The van der Waals surface area contributed by atoms with Gasteiger partial charge in [-0.2, -0.15) is 0 Å². The molecular formula is C15H24O2. The van der Waals surface area contributed by atoms with Crippen LogP contribution >= 0.6 is 0 Å². The Hall–Kier alpha value is -0.340. The maximum Gasteiger partial charge on any atom is 0.130 e. The van der Waals surface area contributed by atoms with E-state index in [2.05, 4.69) is 33.8 Å². The van der Waals surface area contributed by atoms with Gasteiger partial charge in [0.15, 0.2) is 0 Å². The lowest BCUT2D eigenvalue weighted by atomic mass is 9.59. The molecule has 96 valence electrons. The number of rotatable bonds is 1. The van der Waals surface area contributed by atoms with Crippen molar-refractivity contribution in [3.8, 4) is 0 Å². The van der Waals surface area contributed by atoms with Crippen molar-refractivity contribution in [2.75, 3.05) is 0 Å². The minimum Gasteiger partial charge on any atom is -0.224 e. The largest absolute Gasteiger partial charge is 0.224 e. The second-order valence-electron chi connectivity index (χ2n) is 6.64. The van der Waals surface area contributed by atoms with Gasteiger partial charge in [-0.1, -0.05) is 33.8 Å². The summed E-state index contributed by atoms with van der Waals surface area (Å²) in [5, 5.41) is 0. The average Bonchev–Trinajstić information content (AvgIpc) is 2.55. The molecule has 0 aromatic carbocycles. The second-order valence-corrected chi connectivity index (χ2v) is 6.64. The van der Waals surface area contributed by atoms with Gasteiger partial charge in [-0.15, -0.1) is 0 Å². The van der Waals surface area contributed by atoms with Gasteiger partial charge in [0.25, 0.3) is 0 Å². The molecule has 2 fully saturated rings. The number of hydrogen-bond acceptors (Lipinski definition) is 2. The molecule has 1 aliphatic heterocycles. The Labute approximate surface area is 104 Å². The van der Waals surface area contributed by atoms with E-state index < -0.39 is 0 Å². The second kappa shape index (κ2) is 3.58. The molecule has 0 radical (unpaired) electrons. The van der Waals surface area contributed by atoms with Gasteiger partial charge in [0.1, 0.15) is 11.2 Å². The Kier molecular flexibility index (Phi) is 2.47. The van der Waals surface area contributed by atoms with E-state index in [1.165, 1.54) is 18.4 Å². The monoisotopic (exact) mass is 236 g/mol. The van der Waals surface area contributed by atoms with Crippen LogP contribution in [0.25, 0.3) is 0 Å². The third-order valence-corrected chi connectivity index (χ3v) is 5.35. The Morgan fingerprint density at radius 2 is 1.94 bits per heavy atom. The summed E-state index contributed by atoms with van der Waals surface area (Å²) in [5.41, 5.74) is 1.26. The third kappa shape index (κ3) is 1.34. The van der Waals surface area contributed by atoms with Gasteiger partial charge in [0.05, 0.1) is 0 Å². The smallest absolute Gasteiger partial charge is 0.130 e. The maximum absolute atomic E-state index is 5.93. The normalized spacial score (nSPS) is 49.1. The van der Waals surface area contributed by atoms with Crippen LogP contribution < -0.4 is 0 Å². The van der Waals surface area contributed by atoms with Gasteiger partial charge in [-0.05, 0) is 49.0 Å². The minimum absolute atomic E-state index is 0.0883. The number of hydrogen-bond donors (Lipinski definition) is 0. The van der Waals surface area contributed by atoms with Crippen molar-refractivity contribution in [2.24, 2.45) is 17.8 Å². The first kappa shape index (κ1) is 11.7. The van der Waals surface area contributed by atoms with Crippen LogP contribution in [0.1, 0.15) is 53.4 Å². The van der Waals surface area contributed by atoms with Crippen LogP contribution in [0.2, 0.25) is 0 Å². The average molecular weight is 236 g/mol. The Bertz CT molecular complexity index is 360. The summed E-state index contributed by atoms with van der Waals surface area (Å²) in [6.07, 6.45) is 7.16. The third-order valence-electron chi connectivity index (χ3n) is 5.35. The highest BCUT2D eigenvalue weighted by Crippen LogP contribution is 2.60. The van der Waals surface area contributed by atoms with E-state index in [1.807, 2.05) is 0 Å². The van der Waals surface area contributed by atoms with Gasteiger partial charge in [0, 0.05) is 0 Å². The summed E-state index contributed by atoms with van der Waals surface area (Å²) >= 11 is 0. The molecule has 2 aliphatic carbocycles. The van der Waals surface area contributed by atoms with Crippen LogP contribution in [-0.4, -0.2) is 11.2 Å². The van der Waals surface area contributed by atoms with E-state index in [4.69, 9.17) is 9.78 Å². The molecule has 4 unspecified atom stereocenters. The zero-order chi connectivity index (χ0) is 12.3. The first-order valence-corrected chi connectivity index (χ1v) is 7.11. The molecule has 2 heteroatoms. The molecule has 0 aromatic heterocycles. The Balaban J connectivity index is 2.11. The van der Waals surface area contributed by atoms with Crippen molar-refractivity contribution in [3.05, 3.63) is 11.6 Å². The van der Waals surface area contributed by atoms with Gasteiger partial charge in [0.2, 0.25) is 0 Å². The maximum atomic E-state index is 5.93. The predicted molar refractivity (Wildman–Crippen MR) is 67.3 cm³/mol. The summed E-state index contributed by atoms with van der Waals surface area (Å²) in [6.45, 7) is 9.15. The standard InChI is InChI=1S/C15H24O2/c1-10(2)14-8-6-12(4)15(17-16-14)7-5-11(3)9-13(14)15/h9-12H,5-8H2,1-4H3. The highest BCUT2D eigenvalue weighted by Gasteiger charge is 2.63. The highest BCUT2D eigenvalue weighted by atomic mass is 17.2. The first-order chi connectivity index (χ1) is 8.01. The van der Waals surface area contributed by atoms with Crippen molar-refractivity contribution in [1.29, 1.82) is 0 Å². The summed E-state index contributed by atoms with van der Waals surface area (Å²) in [6, 6.07) is 0. The quantitative estimate of drug-likeness (QED) is 0.508. The van der Waals surface area contributed by atoms with Crippen LogP contribution in [0.5, 0.6) is 0 Å². The Morgan fingerprint density at radius 1 is 1.18 bits per heavy atom. The molecule has 0 spiro atoms. The molecule has 0 N–H and O–H groups in total. The fourth-order valence-electron chi connectivity index (χ4n) is 4.00. The van der Waals surface area contributed by atoms with E-state index in [1.54, 1.807) is 0 Å². The fraction of sp³-hybridized carbons (Fsp3) is 0.867. The van der Waals surface area contributed by atoms with E-state index >= 15 is 0 Å². The van der Waals surface area contributed by atoms with Crippen LogP contribution in [-0.2, 0) is 9.78 Å². The van der Waals surface area contributed by atoms with E-state index in [9.17, 15) is 0 Å². The number of allylic oxidation sites excluding steroid dienone is 1. The molecule has 2 bridgehead atoms. The van der Waals surface area contributed by atoms with Crippen molar-refractivity contribution < 1.29 is 9.78 Å². The summed E-state index contributed by atoms with van der Waals surface area (Å²) in [7, 11) is 0. The molecule has 1 saturated carbocycles. The molecular weight excluding hydrogens is 212 g/mol. The zero-order valence-electron chi connectivity index (χ0n) is 11.5. The van der Waals surface area contributed by atoms with E-state index in [0.717, 1.165) is 12.8 Å². The SMILES string of the molecule is CC1C=C2C3(C(C)C)CCC(C)C2(CC1)OO3. The summed E-state index contributed by atoms with van der Waals surface area (Å²) in [5.74, 6) is 1.76.